The molecule has 0 bridgehead atoms. The molecular weight excluding hydrogens is 168 g/mol. The molecule has 0 aromatic carbocycles. The van der Waals surface area contributed by atoms with Gasteiger partial charge in [0.1, 0.15) is 0 Å². The molecule has 0 unspecified atom stereocenters. The maximum atomic E-state index is 9.02. The summed E-state index contributed by atoms with van der Waals surface area (Å²) in [5.41, 5.74) is 8.09. The number of nitrogens with zero attached hydrogens (tertiary/aromatic N) is 4. The molecule has 1 aliphatic heterocycles. The molecule has 0 aromatic rings. The van der Waals surface area contributed by atoms with E-state index in [2.05, 4.69) is 21.8 Å². The number of aliphatic hydroxyl groups excluding tert-OH is 1. The van der Waals surface area contributed by atoms with E-state index in [9.17, 15) is 0 Å². The van der Waals surface area contributed by atoms with Gasteiger partial charge in [0.25, 0.3) is 0 Å². The van der Waals surface area contributed by atoms with Crippen LogP contribution in [0.25, 0.3) is 10.4 Å². The Morgan fingerprint density at radius 3 is 2.92 bits per heavy atom. The summed E-state index contributed by atoms with van der Waals surface area (Å²) in [7, 11) is 0. The number of rotatable bonds is 4. The average Bonchev–Trinajstić information content (AvgIpc) is 2.47. The number of hydrogen-bond acceptors (Lipinski definition) is 3. The average molecular weight is 184 g/mol. The van der Waals surface area contributed by atoms with Gasteiger partial charge in [-0.2, -0.15) is 0 Å². The van der Waals surface area contributed by atoms with Crippen LogP contribution in [0.15, 0.2) is 5.11 Å². The van der Waals surface area contributed by atoms with Gasteiger partial charge in [0, 0.05) is 37.7 Å². The first-order chi connectivity index (χ1) is 6.27. The van der Waals surface area contributed by atoms with Gasteiger partial charge < -0.3 is 10.0 Å². The standard InChI is InChI=1S/C8H16N4O/c1-7-4-12(3-2-10-11-9)5-8(7)6-13/h7-8,13H,2-6H2,1H3/t7-,8-/m1/s1. The summed E-state index contributed by atoms with van der Waals surface area (Å²) in [6, 6.07) is 0. The SMILES string of the molecule is C[C@@H]1CN(CCN=[N+]=[N-])C[C@@H]1CO. The molecule has 2 atom stereocenters. The van der Waals surface area contributed by atoms with Crippen LogP contribution < -0.4 is 0 Å². The zero-order valence-corrected chi connectivity index (χ0v) is 7.93. The van der Waals surface area contributed by atoms with Gasteiger partial charge in [0.05, 0.1) is 0 Å². The van der Waals surface area contributed by atoms with Gasteiger partial charge in [0.2, 0.25) is 0 Å². The van der Waals surface area contributed by atoms with Crippen molar-refractivity contribution in [3.63, 3.8) is 0 Å². The zero-order valence-electron chi connectivity index (χ0n) is 7.93. The zero-order chi connectivity index (χ0) is 9.68. The van der Waals surface area contributed by atoms with E-state index in [0.717, 1.165) is 19.6 Å². The largest absolute Gasteiger partial charge is 0.396 e. The summed E-state index contributed by atoms with van der Waals surface area (Å²) in [6.07, 6.45) is 0. The van der Waals surface area contributed by atoms with Gasteiger partial charge in [-0.15, -0.1) is 0 Å². The van der Waals surface area contributed by atoms with Gasteiger partial charge in [-0.25, -0.2) is 0 Å². The van der Waals surface area contributed by atoms with Crippen LogP contribution in [0, 0.1) is 11.8 Å². The maximum absolute atomic E-state index is 9.02. The van der Waals surface area contributed by atoms with Gasteiger partial charge in [-0.1, -0.05) is 12.0 Å². The highest BCUT2D eigenvalue weighted by Gasteiger charge is 2.27. The van der Waals surface area contributed by atoms with Crippen molar-refractivity contribution in [1.82, 2.24) is 4.90 Å². The molecule has 0 saturated carbocycles. The lowest BCUT2D eigenvalue weighted by Gasteiger charge is -2.12. The molecule has 1 fully saturated rings. The Hall–Kier alpha value is -0.770. The van der Waals surface area contributed by atoms with Crippen LogP contribution in [0.4, 0.5) is 0 Å². The van der Waals surface area contributed by atoms with E-state index >= 15 is 0 Å². The monoisotopic (exact) mass is 184 g/mol. The highest BCUT2D eigenvalue weighted by molar-refractivity contribution is 4.80. The lowest BCUT2D eigenvalue weighted by molar-refractivity contribution is 0.206. The third-order valence-electron chi connectivity index (χ3n) is 2.66. The molecular formula is C8H16N4O. The lowest BCUT2D eigenvalue weighted by Crippen LogP contribution is -2.24. The minimum absolute atomic E-state index is 0.263. The van der Waals surface area contributed by atoms with E-state index in [-0.39, 0.29) is 6.61 Å². The topological polar surface area (TPSA) is 72.2 Å². The molecule has 0 amide bonds. The molecule has 1 heterocycles. The van der Waals surface area contributed by atoms with Crippen LogP contribution in [0.5, 0.6) is 0 Å². The predicted molar refractivity (Wildman–Crippen MR) is 50.2 cm³/mol. The molecule has 0 aromatic heterocycles. The van der Waals surface area contributed by atoms with Crippen molar-refractivity contribution in [1.29, 1.82) is 0 Å². The van der Waals surface area contributed by atoms with E-state index in [1.807, 2.05) is 0 Å². The number of azide groups is 1. The summed E-state index contributed by atoms with van der Waals surface area (Å²) in [4.78, 5) is 4.94. The van der Waals surface area contributed by atoms with Crippen LogP contribution in [0.3, 0.4) is 0 Å². The lowest BCUT2D eigenvalue weighted by atomic mass is 10.00. The summed E-state index contributed by atoms with van der Waals surface area (Å²) >= 11 is 0. The highest BCUT2D eigenvalue weighted by Crippen LogP contribution is 2.21. The first-order valence-corrected chi connectivity index (χ1v) is 4.62. The third-order valence-corrected chi connectivity index (χ3v) is 2.66. The molecule has 1 aliphatic rings. The minimum Gasteiger partial charge on any atom is -0.396 e. The molecule has 0 spiro atoms. The predicted octanol–water partition coefficient (Wildman–Crippen LogP) is 0.857. The summed E-state index contributed by atoms with van der Waals surface area (Å²) < 4.78 is 0. The van der Waals surface area contributed by atoms with Crippen LogP contribution >= 0.6 is 0 Å². The quantitative estimate of drug-likeness (QED) is 0.400. The van der Waals surface area contributed by atoms with Crippen molar-refractivity contribution in [3.05, 3.63) is 10.4 Å². The first-order valence-electron chi connectivity index (χ1n) is 4.62. The van der Waals surface area contributed by atoms with Crippen molar-refractivity contribution < 1.29 is 5.11 Å². The van der Waals surface area contributed by atoms with Crippen molar-refractivity contribution in [2.24, 2.45) is 17.0 Å². The Kier molecular flexibility index (Phi) is 4.02. The maximum Gasteiger partial charge on any atom is 0.0474 e. The fraction of sp³-hybridized carbons (Fsp3) is 1.00. The smallest absolute Gasteiger partial charge is 0.0474 e. The van der Waals surface area contributed by atoms with Gasteiger partial charge in [-0.05, 0) is 17.4 Å². The second-order valence-electron chi connectivity index (χ2n) is 3.63. The molecule has 5 heteroatoms. The van der Waals surface area contributed by atoms with Crippen LogP contribution in [0.2, 0.25) is 0 Å². The van der Waals surface area contributed by atoms with Crippen molar-refractivity contribution in [2.45, 2.75) is 6.92 Å². The Morgan fingerprint density at radius 1 is 1.62 bits per heavy atom. The van der Waals surface area contributed by atoms with E-state index < -0.39 is 0 Å². The molecule has 1 saturated heterocycles. The van der Waals surface area contributed by atoms with E-state index in [1.54, 1.807) is 0 Å². The van der Waals surface area contributed by atoms with Gasteiger partial charge >= 0.3 is 0 Å². The fourth-order valence-electron chi connectivity index (χ4n) is 1.79. The Morgan fingerprint density at radius 2 is 2.38 bits per heavy atom. The molecule has 5 nitrogen and oxygen atoms in total. The Bertz CT molecular complexity index is 202. The van der Waals surface area contributed by atoms with Crippen molar-refractivity contribution >= 4 is 0 Å². The number of aliphatic hydroxyl groups is 1. The number of hydrogen-bond donors (Lipinski definition) is 1. The Labute approximate surface area is 78.0 Å². The fourth-order valence-corrected chi connectivity index (χ4v) is 1.79. The van der Waals surface area contributed by atoms with Gasteiger partial charge in [-0.3, -0.25) is 0 Å². The molecule has 0 radical (unpaired) electrons. The summed E-state index contributed by atoms with van der Waals surface area (Å²) in [5.74, 6) is 0.946. The summed E-state index contributed by atoms with van der Waals surface area (Å²) in [6.45, 7) is 5.69. The second-order valence-corrected chi connectivity index (χ2v) is 3.63. The van der Waals surface area contributed by atoms with Crippen molar-refractivity contribution in [2.75, 3.05) is 32.8 Å². The summed E-state index contributed by atoms with van der Waals surface area (Å²) in [5, 5.41) is 12.5. The highest BCUT2D eigenvalue weighted by atomic mass is 16.3. The molecule has 0 aliphatic carbocycles. The van der Waals surface area contributed by atoms with Gasteiger partial charge in [0.15, 0.2) is 0 Å². The third kappa shape index (κ3) is 2.88. The normalized spacial score (nSPS) is 28.8. The number of likely N-dealkylation sites (tertiary alicyclic amines) is 1. The molecule has 1 N–H and O–H groups in total. The van der Waals surface area contributed by atoms with Crippen LogP contribution in [-0.2, 0) is 0 Å². The van der Waals surface area contributed by atoms with E-state index in [4.69, 9.17) is 10.6 Å². The van der Waals surface area contributed by atoms with E-state index in [0.29, 0.717) is 18.4 Å². The Balaban J connectivity index is 2.27. The van der Waals surface area contributed by atoms with Crippen molar-refractivity contribution in [3.8, 4) is 0 Å². The second kappa shape index (κ2) is 5.07. The molecule has 74 valence electrons. The van der Waals surface area contributed by atoms with Crippen LogP contribution in [0.1, 0.15) is 6.92 Å². The van der Waals surface area contributed by atoms with E-state index in [1.165, 1.54) is 0 Å². The minimum atomic E-state index is 0.263. The first kappa shape index (κ1) is 10.3. The van der Waals surface area contributed by atoms with Crippen LogP contribution in [-0.4, -0.2) is 42.8 Å². The molecule has 1 rings (SSSR count). The molecule has 13 heavy (non-hydrogen) atoms.